The second-order valence-corrected chi connectivity index (χ2v) is 7.65. The zero-order valence-corrected chi connectivity index (χ0v) is 17.6. The average Bonchev–Trinajstić information content (AvgIpc) is 3.55. The summed E-state index contributed by atoms with van der Waals surface area (Å²) in [6.07, 6.45) is 5.35. The van der Waals surface area contributed by atoms with Gasteiger partial charge in [0.25, 0.3) is 11.7 Å². The Balaban J connectivity index is 1.34. The number of Topliss-reactive ketones (excluding diaryl/α,β-unsaturated/α-hetero) is 1. The minimum Gasteiger partial charge on any atom is -0.368 e. The number of hydrogen-bond acceptors (Lipinski definition) is 6. The highest BCUT2D eigenvalue weighted by molar-refractivity contribution is 6.45. The van der Waals surface area contributed by atoms with Crippen molar-refractivity contribution < 1.29 is 14.0 Å². The van der Waals surface area contributed by atoms with Gasteiger partial charge in [-0.25, -0.2) is 14.1 Å². The van der Waals surface area contributed by atoms with Crippen molar-refractivity contribution in [3.63, 3.8) is 0 Å². The van der Waals surface area contributed by atoms with E-state index in [0.717, 1.165) is 17.5 Å². The number of hydrogen-bond donors (Lipinski definition) is 1. The third kappa shape index (κ3) is 3.65. The standard InChI is InChI=1S/C23H20FN7O2/c1-15(16-5-3-2-4-6-16)29-9-11-30(12-10-29)23(33)21(32)17-13-25-20-19(17)18(24)14-26-22(20)31-8-7-27-28-31/h2-8,13-14,25H,1,9-12H2. The van der Waals surface area contributed by atoms with Gasteiger partial charge in [0.05, 0.1) is 35.1 Å². The van der Waals surface area contributed by atoms with Crippen molar-refractivity contribution in [2.24, 2.45) is 0 Å². The van der Waals surface area contributed by atoms with Crippen molar-refractivity contribution >= 4 is 28.3 Å². The van der Waals surface area contributed by atoms with E-state index in [0.29, 0.717) is 26.2 Å². The summed E-state index contributed by atoms with van der Waals surface area (Å²) in [5.74, 6) is -1.86. The molecule has 1 aliphatic rings. The number of aromatic amines is 1. The maximum Gasteiger partial charge on any atom is 0.295 e. The first-order valence-electron chi connectivity index (χ1n) is 10.4. The molecule has 0 spiro atoms. The zero-order valence-electron chi connectivity index (χ0n) is 17.6. The number of halogens is 1. The molecule has 0 bridgehead atoms. The van der Waals surface area contributed by atoms with E-state index < -0.39 is 17.5 Å². The highest BCUT2D eigenvalue weighted by Crippen LogP contribution is 2.26. The lowest BCUT2D eigenvalue weighted by Crippen LogP contribution is -2.49. The Kier molecular flexibility index (Phi) is 5.17. The zero-order chi connectivity index (χ0) is 22.9. The molecular weight excluding hydrogens is 425 g/mol. The molecule has 0 radical (unpaired) electrons. The number of amides is 1. The van der Waals surface area contributed by atoms with Crippen LogP contribution >= 0.6 is 0 Å². The fraction of sp³-hybridized carbons (Fsp3) is 0.174. The number of aromatic nitrogens is 5. The number of pyridine rings is 1. The van der Waals surface area contributed by atoms with Gasteiger partial charge in [-0.05, 0) is 5.56 Å². The number of H-pyrrole nitrogens is 1. The molecule has 9 nitrogen and oxygen atoms in total. The van der Waals surface area contributed by atoms with Gasteiger partial charge < -0.3 is 14.8 Å². The van der Waals surface area contributed by atoms with Gasteiger partial charge in [0.1, 0.15) is 0 Å². The summed E-state index contributed by atoms with van der Waals surface area (Å²) in [6.45, 7) is 6.00. The summed E-state index contributed by atoms with van der Waals surface area (Å²) in [5, 5.41) is 7.59. The minimum atomic E-state index is -0.772. The molecule has 1 fully saturated rings. The summed E-state index contributed by atoms with van der Waals surface area (Å²) in [4.78, 5) is 36.5. The largest absolute Gasteiger partial charge is 0.368 e. The number of piperazine rings is 1. The normalized spacial score (nSPS) is 14.0. The second-order valence-electron chi connectivity index (χ2n) is 7.65. The van der Waals surface area contributed by atoms with Crippen LogP contribution in [0.25, 0.3) is 22.4 Å². The quantitative estimate of drug-likeness (QED) is 0.374. The first-order chi connectivity index (χ1) is 16.0. The Labute approximate surface area is 188 Å². The third-order valence-corrected chi connectivity index (χ3v) is 5.78. The van der Waals surface area contributed by atoms with E-state index in [1.54, 1.807) is 6.20 Å². The van der Waals surface area contributed by atoms with Crippen LogP contribution in [-0.2, 0) is 4.79 Å². The van der Waals surface area contributed by atoms with Crippen molar-refractivity contribution in [2.75, 3.05) is 26.2 Å². The molecule has 1 aliphatic heterocycles. The predicted octanol–water partition coefficient (Wildman–Crippen LogP) is 2.28. The van der Waals surface area contributed by atoms with Crippen LogP contribution in [0.4, 0.5) is 4.39 Å². The highest BCUT2D eigenvalue weighted by Gasteiger charge is 2.30. The van der Waals surface area contributed by atoms with Gasteiger partial charge in [0.15, 0.2) is 11.6 Å². The van der Waals surface area contributed by atoms with E-state index in [1.807, 2.05) is 30.3 Å². The lowest BCUT2D eigenvalue weighted by atomic mass is 10.1. The van der Waals surface area contributed by atoms with Gasteiger partial charge in [0.2, 0.25) is 0 Å². The average molecular weight is 445 g/mol. The molecule has 1 N–H and O–H groups in total. The highest BCUT2D eigenvalue weighted by atomic mass is 19.1. The topological polar surface area (TPSA) is 100 Å². The lowest BCUT2D eigenvalue weighted by molar-refractivity contribution is -0.127. The summed E-state index contributed by atoms with van der Waals surface area (Å²) in [7, 11) is 0. The Morgan fingerprint density at radius 1 is 1.06 bits per heavy atom. The van der Waals surface area contributed by atoms with Crippen molar-refractivity contribution in [2.45, 2.75) is 0 Å². The van der Waals surface area contributed by atoms with E-state index in [4.69, 9.17) is 0 Å². The Bertz CT molecular complexity index is 1340. The van der Waals surface area contributed by atoms with E-state index in [1.165, 1.54) is 22.0 Å². The summed E-state index contributed by atoms with van der Waals surface area (Å²) >= 11 is 0. The molecule has 0 unspecified atom stereocenters. The molecule has 4 aromatic rings. The number of nitrogens with zero attached hydrogens (tertiary/aromatic N) is 6. The van der Waals surface area contributed by atoms with Gasteiger partial charge in [-0.15, -0.1) is 5.10 Å². The van der Waals surface area contributed by atoms with Gasteiger partial charge >= 0.3 is 0 Å². The first-order valence-corrected chi connectivity index (χ1v) is 10.4. The maximum absolute atomic E-state index is 14.6. The smallest absolute Gasteiger partial charge is 0.295 e. The van der Waals surface area contributed by atoms with Crippen LogP contribution in [0.5, 0.6) is 0 Å². The molecule has 166 valence electrons. The van der Waals surface area contributed by atoms with Crippen molar-refractivity contribution in [3.05, 3.63) is 78.6 Å². The van der Waals surface area contributed by atoms with Gasteiger partial charge in [-0.1, -0.05) is 42.1 Å². The van der Waals surface area contributed by atoms with Crippen LogP contribution in [0.2, 0.25) is 0 Å². The summed E-state index contributed by atoms with van der Waals surface area (Å²) in [6, 6.07) is 9.80. The van der Waals surface area contributed by atoms with E-state index in [-0.39, 0.29) is 22.3 Å². The maximum atomic E-state index is 14.6. The number of nitrogens with one attached hydrogen (secondary N) is 1. The molecule has 5 rings (SSSR count). The van der Waals surface area contributed by atoms with Crippen molar-refractivity contribution in [1.29, 1.82) is 0 Å². The van der Waals surface area contributed by atoms with E-state index >= 15 is 0 Å². The Hall–Kier alpha value is -4.34. The number of rotatable bonds is 5. The molecule has 0 aliphatic carbocycles. The molecule has 0 saturated carbocycles. The Morgan fingerprint density at radius 3 is 2.48 bits per heavy atom. The lowest BCUT2D eigenvalue weighted by Gasteiger charge is -2.36. The molecule has 3 aromatic heterocycles. The molecule has 1 amide bonds. The van der Waals surface area contributed by atoms with Crippen LogP contribution in [0, 0.1) is 5.82 Å². The summed E-state index contributed by atoms with van der Waals surface area (Å²) in [5.41, 5.74) is 2.12. The predicted molar refractivity (Wildman–Crippen MR) is 119 cm³/mol. The van der Waals surface area contributed by atoms with Crippen molar-refractivity contribution in [1.82, 2.24) is 34.8 Å². The molecule has 1 aromatic carbocycles. The molecule has 4 heterocycles. The summed E-state index contributed by atoms with van der Waals surface area (Å²) < 4.78 is 16.0. The fourth-order valence-electron chi connectivity index (χ4n) is 4.02. The van der Waals surface area contributed by atoms with Crippen LogP contribution in [0.1, 0.15) is 15.9 Å². The monoisotopic (exact) mass is 445 g/mol. The number of carbonyl (C=O) groups excluding carboxylic acids is 2. The minimum absolute atomic E-state index is 0.00458. The van der Waals surface area contributed by atoms with Gasteiger partial charge in [-0.2, -0.15) is 0 Å². The van der Waals surface area contributed by atoms with Gasteiger partial charge in [-0.3, -0.25) is 9.59 Å². The Morgan fingerprint density at radius 2 is 1.79 bits per heavy atom. The van der Waals surface area contributed by atoms with Crippen LogP contribution < -0.4 is 0 Å². The molecule has 0 atom stereocenters. The van der Waals surface area contributed by atoms with E-state index in [2.05, 4.69) is 31.8 Å². The molecule has 1 saturated heterocycles. The first kappa shape index (κ1) is 20.6. The number of carbonyl (C=O) groups is 2. The molecule has 33 heavy (non-hydrogen) atoms. The van der Waals surface area contributed by atoms with Gasteiger partial charge in [0, 0.05) is 38.1 Å². The number of ketones is 1. The number of fused-ring (bicyclic) bond motifs is 1. The van der Waals surface area contributed by atoms with Crippen molar-refractivity contribution in [3.8, 4) is 5.82 Å². The molecule has 10 heteroatoms. The SMILES string of the molecule is C=C(c1ccccc1)N1CCN(C(=O)C(=O)c2c[nH]c3c(-n4ccnn4)ncc(F)c23)CC1. The van der Waals surface area contributed by atoms with E-state index in [9.17, 15) is 14.0 Å². The second kappa shape index (κ2) is 8.30. The number of benzene rings is 1. The fourth-order valence-corrected chi connectivity index (χ4v) is 4.02. The third-order valence-electron chi connectivity index (χ3n) is 5.78. The van der Waals surface area contributed by atoms with Crippen LogP contribution in [0.15, 0.2) is 61.7 Å². The van der Waals surface area contributed by atoms with Crippen LogP contribution in [0.3, 0.4) is 0 Å². The molecular formula is C23H20FN7O2. The van der Waals surface area contributed by atoms with Crippen LogP contribution in [-0.4, -0.2) is 72.6 Å².